The highest BCUT2D eigenvalue weighted by Crippen LogP contribution is 2.19. The first kappa shape index (κ1) is 17.8. The molecule has 1 aliphatic rings. The van der Waals surface area contributed by atoms with Crippen molar-refractivity contribution in [3.8, 4) is 5.75 Å². The van der Waals surface area contributed by atoms with Crippen LogP contribution in [-0.4, -0.2) is 38.8 Å². The standard InChI is InChI=1S/C15H22N2O3.ClH/c1-16-8-7-15(18)17-12-4-2-5-13(10-12)20-11-14-6-3-9-19-14;/h2,4-5,10,14,16H,3,6-9,11H2,1H3,(H,17,18);1H. The molecule has 0 saturated carbocycles. The summed E-state index contributed by atoms with van der Waals surface area (Å²) in [4.78, 5) is 11.6. The van der Waals surface area contributed by atoms with Crippen LogP contribution in [0.1, 0.15) is 19.3 Å². The van der Waals surface area contributed by atoms with E-state index in [2.05, 4.69) is 10.6 Å². The van der Waals surface area contributed by atoms with Crippen molar-refractivity contribution >= 4 is 24.0 Å². The molecular formula is C15H23ClN2O3. The zero-order valence-corrected chi connectivity index (χ0v) is 13.1. The third-order valence-electron chi connectivity index (χ3n) is 3.18. The van der Waals surface area contributed by atoms with Crippen LogP contribution in [0.3, 0.4) is 0 Å². The van der Waals surface area contributed by atoms with Gasteiger partial charge in [-0.3, -0.25) is 4.79 Å². The Morgan fingerprint density at radius 1 is 1.48 bits per heavy atom. The fourth-order valence-corrected chi connectivity index (χ4v) is 2.09. The molecule has 1 atom stereocenters. The van der Waals surface area contributed by atoms with E-state index in [1.807, 2.05) is 31.3 Å². The summed E-state index contributed by atoms with van der Waals surface area (Å²) in [6.07, 6.45) is 2.82. The summed E-state index contributed by atoms with van der Waals surface area (Å²) in [7, 11) is 1.83. The zero-order chi connectivity index (χ0) is 14.2. The monoisotopic (exact) mass is 314 g/mol. The number of amides is 1. The van der Waals surface area contributed by atoms with Gasteiger partial charge in [0.1, 0.15) is 12.4 Å². The number of halogens is 1. The molecule has 1 unspecified atom stereocenters. The Balaban J connectivity index is 0.00000220. The third-order valence-corrected chi connectivity index (χ3v) is 3.18. The summed E-state index contributed by atoms with van der Waals surface area (Å²) >= 11 is 0. The molecule has 1 aliphatic heterocycles. The van der Waals surface area contributed by atoms with Crippen LogP contribution in [0.5, 0.6) is 5.75 Å². The van der Waals surface area contributed by atoms with Gasteiger partial charge in [-0.15, -0.1) is 12.4 Å². The molecule has 1 heterocycles. The Bertz CT molecular complexity index is 437. The Labute approximate surface area is 131 Å². The summed E-state index contributed by atoms with van der Waals surface area (Å²) in [6.45, 7) is 2.06. The first-order valence-corrected chi connectivity index (χ1v) is 7.07. The van der Waals surface area contributed by atoms with Crippen molar-refractivity contribution in [3.63, 3.8) is 0 Å². The summed E-state index contributed by atoms with van der Waals surface area (Å²) in [5.41, 5.74) is 0.760. The number of nitrogens with one attached hydrogen (secondary N) is 2. The second-order valence-corrected chi connectivity index (χ2v) is 4.88. The number of carbonyl (C=O) groups excluding carboxylic acids is 1. The molecule has 1 amide bonds. The quantitative estimate of drug-likeness (QED) is 0.810. The lowest BCUT2D eigenvalue weighted by Gasteiger charge is -2.12. The smallest absolute Gasteiger partial charge is 0.225 e. The third kappa shape index (κ3) is 6.33. The van der Waals surface area contributed by atoms with Crippen LogP contribution in [0.15, 0.2) is 24.3 Å². The fourth-order valence-electron chi connectivity index (χ4n) is 2.09. The van der Waals surface area contributed by atoms with Gasteiger partial charge in [0.05, 0.1) is 6.10 Å². The Kier molecular flexibility index (Phi) is 8.12. The Hall–Kier alpha value is -1.30. The predicted octanol–water partition coefficient (Wildman–Crippen LogP) is 2.21. The van der Waals surface area contributed by atoms with Gasteiger partial charge in [0.25, 0.3) is 0 Å². The van der Waals surface area contributed by atoms with Crippen LogP contribution < -0.4 is 15.4 Å². The van der Waals surface area contributed by atoms with E-state index in [0.29, 0.717) is 19.6 Å². The van der Waals surface area contributed by atoms with E-state index in [0.717, 1.165) is 30.9 Å². The van der Waals surface area contributed by atoms with E-state index in [-0.39, 0.29) is 24.4 Å². The molecule has 0 aliphatic carbocycles. The second-order valence-electron chi connectivity index (χ2n) is 4.88. The van der Waals surface area contributed by atoms with Gasteiger partial charge in [-0.05, 0) is 32.0 Å². The molecule has 5 nitrogen and oxygen atoms in total. The molecule has 0 aromatic heterocycles. The van der Waals surface area contributed by atoms with Crippen molar-refractivity contribution in [2.45, 2.75) is 25.4 Å². The topological polar surface area (TPSA) is 59.6 Å². The van der Waals surface area contributed by atoms with Crippen molar-refractivity contribution in [1.82, 2.24) is 5.32 Å². The van der Waals surface area contributed by atoms with Crippen molar-refractivity contribution in [2.24, 2.45) is 0 Å². The van der Waals surface area contributed by atoms with Gasteiger partial charge in [0.2, 0.25) is 5.91 Å². The summed E-state index contributed by atoms with van der Waals surface area (Å²) in [5.74, 6) is 0.752. The number of hydrogen-bond donors (Lipinski definition) is 2. The molecule has 1 fully saturated rings. The maximum atomic E-state index is 11.6. The maximum absolute atomic E-state index is 11.6. The minimum absolute atomic E-state index is 0. The molecule has 2 N–H and O–H groups in total. The highest BCUT2D eigenvalue weighted by atomic mass is 35.5. The van der Waals surface area contributed by atoms with E-state index in [9.17, 15) is 4.79 Å². The van der Waals surface area contributed by atoms with Crippen molar-refractivity contribution in [1.29, 1.82) is 0 Å². The van der Waals surface area contributed by atoms with Crippen LogP contribution in [0.4, 0.5) is 5.69 Å². The van der Waals surface area contributed by atoms with Crippen LogP contribution in [-0.2, 0) is 9.53 Å². The number of rotatable bonds is 7. The maximum Gasteiger partial charge on any atom is 0.225 e. The second kappa shape index (κ2) is 9.60. The van der Waals surface area contributed by atoms with Gasteiger partial charge < -0.3 is 20.1 Å². The summed E-state index contributed by atoms with van der Waals surface area (Å²) in [6, 6.07) is 7.46. The van der Waals surface area contributed by atoms with Gasteiger partial charge in [0, 0.05) is 31.3 Å². The van der Waals surface area contributed by atoms with E-state index < -0.39 is 0 Å². The number of carbonyl (C=O) groups is 1. The SMILES string of the molecule is CNCCC(=O)Nc1cccc(OCC2CCCO2)c1.Cl. The number of benzene rings is 1. The molecule has 0 radical (unpaired) electrons. The molecule has 0 spiro atoms. The predicted molar refractivity (Wildman–Crippen MR) is 85.3 cm³/mol. The van der Waals surface area contributed by atoms with Gasteiger partial charge in [-0.25, -0.2) is 0 Å². The van der Waals surface area contributed by atoms with Gasteiger partial charge in [-0.1, -0.05) is 6.07 Å². The van der Waals surface area contributed by atoms with Crippen LogP contribution in [0.25, 0.3) is 0 Å². The molecule has 2 rings (SSSR count). The molecule has 1 aromatic rings. The van der Waals surface area contributed by atoms with Crippen molar-refractivity contribution in [3.05, 3.63) is 24.3 Å². The largest absolute Gasteiger partial charge is 0.491 e. The summed E-state index contributed by atoms with van der Waals surface area (Å²) < 4.78 is 11.2. The Morgan fingerprint density at radius 3 is 3.05 bits per heavy atom. The molecule has 118 valence electrons. The van der Waals surface area contributed by atoms with Gasteiger partial charge in [0.15, 0.2) is 0 Å². The van der Waals surface area contributed by atoms with Crippen molar-refractivity contribution < 1.29 is 14.3 Å². The average Bonchev–Trinajstić information content (AvgIpc) is 2.97. The fraction of sp³-hybridized carbons (Fsp3) is 0.533. The first-order chi connectivity index (χ1) is 9.78. The Morgan fingerprint density at radius 2 is 2.33 bits per heavy atom. The summed E-state index contributed by atoms with van der Waals surface area (Å²) in [5, 5.41) is 5.80. The zero-order valence-electron chi connectivity index (χ0n) is 12.3. The molecule has 1 saturated heterocycles. The first-order valence-electron chi connectivity index (χ1n) is 7.07. The highest BCUT2D eigenvalue weighted by molar-refractivity contribution is 5.90. The van der Waals surface area contributed by atoms with Crippen LogP contribution in [0.2, 0.25) is 0 Å². The lowest BCUT2D eigenvalue weighted by atomic mass is 10.2. The van der Waals surface area contributed by atoms with Crippen LogP contribution >= 0.6 is 12.4 Å². The van der Waals surface area contributed by atoms with E-state index >= 15 is 0 Å². The minimum Gasteiger partial charge on any atom is -0.491 e. The normalized spacial score (nSPS) is 17.1. The number of anilines is 1. The van der Waals surface area contributed by atoms with Crippen LogP contribution in [0, 0.1) is 0 Å². The van der Waals surface area contributed by atoms with E-state index in [1.54, 1.807) is 0 Å². The molecule has 1 aromatic carbocycles. The lowest BCUT2D eigenvalue weighted by molar-refractivity contribution is -0.116. The molecule has 0 bridgehead atoms. The van der Waals surface area contributed by atoms with Gasteiger partial charge in [-0.2, -0.15) is 0 Å². The van der Waals surface area contributed by atoms with Gasteiger partial charge >= 0.3 is 0 Å². The number of ether oxygens (including phenoxy) is 2. The number of hydrogen-bond acceptors (Lipinski definition) is 4. The van der Waals surface area contributed by atoms with Crippen molar-refractivity contribution in [2.75, 3.05) is 32.1 Å². The van der Waals surface area contributed by atoms with E-state index in [1.165, 1.54) is 0 Å². The highest BCUT2D eigenvalue weighted by Gasteiger charge is 2.16. The van der Waals surface area contributed by atoms with E-state index in [4.69, 9.17) is 9.47 Å². The minimum atomic E-state index is -0.00405. The average molecular weight is 315 g/mol. The molecule has 6 heteroatoms. The molecular weight excluding hydrogens is 292 g/mol. The molecule has 21 heavy (non-hydrogen) atoms. The lowest BCUT2D eigenvalue weighted by Crippen LogP contribution is -2.19.